The van der Waals surface area contributed by atoms with Crippen molar-refractivity contribution in [2.75, 3.05) is 5.01 Å². The second-order valence-corrected chi connectivity index (χ2v) is 5.96. The minimum atomic E-state index is 0.0256. The smallest absolute Gasteiger partial charge is 0.246 e. The summed E-state index contributed by atoms with van der Waals surface area (Å²) in [6, 6.07) is 9.95. The van der Waals surface area contributed by atoms with Gasteiger partial charge in [0.05, 0.1) is 5.70 Å². The number of benzene rings is 1. The zero-order chi connectivity index (χ0) is 15.0. The Morgan fingerprint density at radius 2 is 1.90 bits per heavy atom. The first kappa shape index (κ1) is 13.9. The van der Waals surface area contributed by atoms with E-state index in [0.29, 0.717) is 12.2 Å². The van der Waals surface area contributed by atoms with Gasteiger partial charge in [0.15, 0.2) is 5.82 Å². The number of fused-ring (bicyclic) bond motifs is 1. The molecule has 2 aromatic rings. The van der Waals surface area contributed by atoms with E-state index in [1.165, 1.54) is 0 Å². The largest absolute Gasteiger partial charge is 0.273 e. The molecule has 2 heterocycles. The zero-order valence-electron chi connectivity index (χ0n) is 12.2. The highest BCUT2D eigenvalue weighted by Crippen LogP contribution is 2.38. The van der Waals surface area contributed by atoms with E-state index in [2.05, 4.69) is 10.2 Å². The van der Waals surface area contributed by atoms with Crippen LogP contribution in [-0.2, 0) is 4.79 Å². The minimum Gasteiger partial charge on any atom is -0.273 e. The number of hydrogen-bond acceptors (Lipinski definition) is 4. The molecule has 1 aromatic heterocycles. The summed E-state index contributed by atoms with van der Waals surface area (Å²) < 4.78 is 1.80. The van der Waals surface area contributed by atoms with E-state index in [0.717, 1.165) is 21.3 Å². The number of aromatic nitrogens is 3. The van der Waals surface area contributed by atoms with Gasteiger partial charge < -0.3 is 0 Å². The van der Waals surface area contributed by atoms with Crippen LogP contribution in [0.4, 0.5) is 0 Å². The highest BCUT2D eigenvalue weighted by molar-refractivity contribution is 8.03. The number of nitrogens with zero attached hydrogens (tertiary/aromatic N) is 4. The number of rotatable bonds is 2. The molecule has 6 heteroatoms. The van der Waals surface area contributed by atoms with Gasteiger partial charge in [-0.1, -0.05) is 49.0 Å². The molecule has 1 aliphatic rings. The zero-order valence-corrected chi connectivity index (χ0v) is 13.0. The Bertz CT molecular complexity index is 721. The molecule has 1 aromatic carbocycles. The van der Waals surface area contributed by atoms with Crippen molar-refractivity contribution in [3.63, 3.8) is 0 Å². The highest BCUT2D eigenvalue weighted by Gasteiger charge is 2.31. The molecule has 0 spiro atoms. The van der Waals surface area contributed by atoms with Crippen molar-refractivity contribution in [3.8, 4) is 0 Å². The first-order valence-corrected chi connectivity index (χ1v) is 7.64. The molecule has 0 saturated carbocycles. The maximum atomic E-state index is 12.5. The molecule has 0 unspecified atom stereocenters. The van der Waals surface area contributed by atoms with Gasteiger partial charge in [0.2, 0.25) is 11.1 Å². The fraction of sp³-hybridized carbons (Fsp3) is 0.267. The maximum absolute atomic E-state index is 12.5. The standard InChI is InChI=1S/C15H16N4OS/c1-4-13(20)19-14(12-8-6-5-7-9-12)10(2)21-15-17-16-11(3)18(15)19/h5-9H,4H2,1-3H3. The number of hydrogen-bond donors (Lipinski definition) is 0. The summed E-state index contributed by atoms with van der Waals surface area (Å²) in [5.41, 5.74) is 1.92. The summed E-state index contributed by atoms with van der Waals surface area (Å²) in [6.45, 7) is 5.73. The van der Waals surface area contributed by atoms with Crippen LogP contribution in [0.3, 0.4) is 0 Å². The highest BCUT2D eigenvalue weighted by atomic mass is 32.2. The van der Waals surface area contributed by atoms with Crippen LogP contribution in [0.25, 0.3) is 5.70 Å². The Morgan fingerprint density at radius 1 is 1.19 bits per heavy atom. The fourth-order valence-corrected chi connectivity index (χ4v) is 3.33. The Morgan fingerprint density at radius 3 is 2.57 bits per heavy atom. The first-order chi connectivity index (χ1) is 10.1. The summed E-state index contributed by atoms with van der Waals surface area (Å²) in [6.07, 6.45) is 0.422. The summed E-state index contributed by atoms with van der Waals surface area (Å²) in [4.78, 5) is 13.6. The minimum absolute atomic E-state index is 0.0256. The van der Waals surface area contributed by atoms with Gasteiger partial charge in [-0.3, -0.25) is 4.79 Å². The summed E-state index contributed by atoms with van der Waals surface area (Å²) >= 11 is 1.54. The average Bonchev–Trinajstić information content (AvgIpc) is 2.87. The third-order valence-electron chi connectivity index (χ3n) is 3.34. The van der Waals surface area contributed by atoms with E-state index in [1.807, 2.05) is 51.1 Å². The second kappa shape index (κ2) is 5.37. The third kappa shape index (κ3) is 2.25. The van der Waals surface area contributed by atoms with Crippen molar-refractivity contribution in [2.24, 2.45) is 0 Å². The van der Waals surface area contributed by atoms with Crippen LogP contribution in [0.5, 0.6) is 0 Å². The molecule has 1 amide bonds. The van der Waals surface area contributed by atoms with Crippen LogP contribution < -0.4 is 5.01 Å². The SMILES string of the molecule is CCC(=O)N1C(c2ccccc2)=C(C)Sc2nnc(C)n21. The van der Waals surface area contributed by atoms with Gasteiger partial charge >= 0.3 is 0 Å². The molecule has 108 valence electrons. The van der Waals surface area contributed by atoms with Crippen LogP contribution in [-0.4, -0.2) is 20.8 Å². The van der Waals surface area contributed by atoms with E-state index >= 15 is 0 Å². The fourth-order valence-electron chi connectivity index (χ4n) is 2.37. The van der Waals surface area contributed by atoms with Crippen molar-refractivity contribution >= 4 is 23.4 Å². The van der Waals surface area contributed by atoms with Crippen molar-refractivity contribution in [1.29, 1.82) is 0 Å². The summed E-state index contributed by atoms with van der Waals surface area (Å²) in [5.74, 6) is 0.734. The van der Waals surface area contributed by atoms with Gasteiger partial charge in [0.25, 0.3) is 0 Å². The van der Waals surface area contributed by atoms with Crippen LogP contribution in [0.2, 0.25) is 0 Å². The molecule has 0 fully saturated rings. The second-order valence-electron chi connectivity index (χ2n) is 4.77. The molecule has 0 atom stereocenters. The van der Waals surface area contributed by atoms with E-state index in [-0.39, 0.29) is 5.91 Å². The van der Waals surface area contributed by atoms with Gasteiger partial charge in [-0.2, -0.15) is 0 Å². The number of aryl methyl sites for hydroxylation is 1. The van der Waals surface area contributed by atoms with Crippen molar-refractivity contribution in [3.05, 3.63) is 46.6 Å². The topological polar surface area (TPSA) is 51.0 Å². The van der Waals surface area contributed by atoms with Gasteiger partial charge in [-0.05, 0) is 13.8 Å². The molecule has 3 rings (SSSR count). The van der Waals surface area contributed by atoms with Crippen LogP contribution in [0, 0.1) is 6.92 Å². The normalized spacial score (nSPS) is 14.3. The predicted octanol–water partition coefficient (Wildman–Crippen LogP) is 2.96. The molecule has 5 nitrogen and oxygen atoms in total. The molecule has 0 bridgehead atoms. The monoisotopic (exact) mass is 300 g/mol. The number of thioether (sulfide) groups is 1. The van der Waals surface area contributed by atoms with E-state index in [4.69, 9.17) is 0 Å². The van der Waals surface area contributed by atoms with E-state index in [1.54, 1.807) is 21.4 Å². The van der Waals surface area contributed by atoms with Crippen molar-refractivity contribution in [1.82, 2.24) is 14.9 Å². The molecular weight excluding hydrogens is 284 g/mol. The molecule has 21 heavy (non-hydrogen) atoms. The van der Waals surface area contributed by atoms with Gasteiger partial charge in [0, 0.05) is 16.9 Å². The molecule has 0 aliphatic carbocycles. The average molecular weight is 300 g/mol. The van der Waals surface area contributed by atoms with E-state index < -0.39 is 0 Å². The number of allylic oxidation sites excluding steroid dienone is 1. The van der Waals surface area contributed by atoms with Gasteiger partial charge in [-0.15, -0.1) is 10.2 Å². The van der Waals surface area contributed by atoms with Gasteiger partial charge in [-0.25, -0.2) is 9.69 Å². The third-order valence-corrected chi connectivity index (χ3v) is 4.28. The lowest BCUT2D eigenvalue weighted by Crippen LogP contribution is -2.41. The lowest BCUT2D eigenvalue weighted by molar-refractivity contribution is -0.119. The van der Waals surface area contributed by atoms with Crippen LogP contribution in [0.15, 0.2) is 40.4 Å². The van der Waals surface area contributed by atoms with Crippen LogP contribution in [0.1, 0.15) is 31.7 Å². The Labute approximate surface area is 127 Å². The number of amides is 1. The Hall–Kier alpha value is -2.08. The molecule has 0 N–H and O–H groups in total. The summed E-state index contributed by atoms with van der Waals surface area (Å²) in [7, 11) is 0. The quantitative estimate of drug-likeness (QED) is 0.855. The first-order valence-electron chi connectivity index (χ1n) is 6.83. The number of carbonyl (C=O) groups is 1. The maximum Gasteiger partial charge on any atom is 0.246 e. The molecule has 1 aliphatic heterocycles. The van der Waals surface area contributed by atoms with Crippen molar-refractivity contribution < 1.29 is 4.79 Å². The molecule has 0 radical (unpaired) electrons. The molecular formula is C15H16N4OS. The Balaban J connectivity index is 2.21. The lowest BCUT2D eigenvalue weighted by Gasteiger charge is -2.32. The Kier molecular flexibility index (Phi) is 3.55. The molecule has 0 saturated heterocycles. The summed E-state index contributed by atoms with van der Waals surface area (Å²) in [5, 5.41) is 10.7. The predicted molar refractivity (Wildman–Crippen MR) is 83.2 cm³/mol. The van der Waals surface area contributed by atoms with Crippen molar-refractivity contribution in [2.45, 2.75) is 32.3 Å². The van der Waals surface area contributed by atoms with E-state index in [9.17, 15) is 4.79 Å². The van der Waals surface area contributed by atoms with Gasteiger partial charge in [0.1, 0.15) is 0 Å². The lowest BCUT2D eigenvalue weighted by atomic mass is 10.1. The number of carbonyl (C=O) groups excluding carboxylic acids is 1. The van der Waals surface area contributed by atoms with Crippen LogP contribution >= 0.6 is 11.8 Å².